The quantitative estimate of drug-likeness (QED) is 0.772. The Balaban J connectivity index is 2.92. The van der Waals surface area contributed by atoms with E-state index in [9.17, 15) is 18.0 Å². The van der Waals surface area contributed by atoms with E-state index in [2.05, 4.69) is 0 Å². The molecule has 0 aromatic heterocycles. The highest BCUT2D eigenvalue weighted by Gasteiger charge is 2.34. The van der Waals surface area contributed by atoms with Crippen molar-refractivity contribution in [3.05, 3.63) is 41.5 Å². The summed E-state index contributed by atoms with van der Waals surface area (Å²) in [7, 11) is 0. The predicted molar refractivity (Wildman–Crippen MR) is 61.5 cm³/mol. The average Bonchev–Trinajstić information content (AvgIpc) is 2.26. The largest absolute Gasteiger partial charge is 0.485 e. The molecule has 0 radical (unpaired) electrons. The molecule has 0 N–H and O–H groups in total. The number of benzene rings is 1. The topological polar surface area (TPSA) is 26.3 Å². The lowest BCUT2D eigenvalue weighted by molar-refractivity contribution is -0.139. The molecule has 1 aromatic rings. The van der Waals surface area contributed by atoms with E-state index in [4.69, 9.17) is 4.74 Å². The third kappa shape index (κ3) is 3.91. The summed E-state index contributed by atoms with van der Waals surface area (Å²) in [4.78, 5) is 11.2. The highest BCUT2D eigenvalue weighted by molar-refractivity contribution is 5.90. The number of hydrogen-bond acceptors (Lipinski definition) is 2. The van der Waals surface area contributed by atoms with Crippen LogP contribution in [0.5, 0.6) is 5.75 Å². The maximum atomic E-state index is 12.7. The smallest absolute Gasteiger partial charge is 0.419 e. The van der Waals surface area contributed by atoms with E-state index in [1.165, 1.54) is 24.3 Å². The van der Waals surface area contributed by atoms with Crippen LogP contribution in [0.2, 0.25) is 0 Å². The molecule has 0 fully saturated rings. The van der Waals surface area contributed by atoms with Gasteiger partial charge in [0.15, 0.2) is 12.4 Å². The molecule has 98 valence electrons. The normalized spacial score (nSPS) is 11.8. The Morgan fingerprint density at radius 1 is 1.39 bits per heavy atom. The van der Waals surface area contributed by atoms with Gasteiger partial charge in [0.1, 0.15) is 5.75 Å². The zero-order valence-corrected chi connectivity index (χ0v) is 10.0. The van der Waals surface area contributed by atoms with Crippen molar-refractivity contribution in [2.24, 2.45) is 0 Å². The molecule has 1 aromatic carbocycles. The van der Waals surface area contributed by atoms with Crippen LogP contribution in [0.15, 0.2) is 30.4 Å². The highest BCUT2D eigenvalue weighted by atomic mass is 19.4. The van der Waals surface area contributed by atoms with E-state index in [1.54, 1.807) is 13.8 Å². The number of alkyl halides is 3. The second kappa shape index (κ2) is 5.71. The van der Waals surface area contributed by atoms with Crippen LogP contribution < -0.4 is 4.74 Å². The number of rotatable bonds is 4. The summed E-state index contributed by atoms with van der Waals surface area (Å²) < 4.78 is 43.1. The SMILES string of the molecule is C/C=C/C(=O)COc1ccc(C)cc1C(F)(F)F. The van der Waals surface area contributed by atoms with Gasteiger partial charge in [0.05, 0.1) is 5.56 Å². The summed E-state index contributed by atoms with van der Waals surface area (Å²) in [6, 6.07) is 3.72. The first-order valence-corrected chi connectivity index (χ1v) is 5.30. The Morgan fingerprint density at radius 3 is 2.61 bits per heavy atom. The van der Waals surface area contributed by atoms with Gasteiger partial charge >= 0.3 is 6.18 Å². The van der Waals surface area contributed by atoms with Crippen LogP contribution in [0.1, 0.15) is 18.1 Å². The Kier molecular flexibility index (Phi) is 4.53. The van der Waals surface area contributed by atoms with Crippen LogP contribution in [0, 0.1) is 6.92 Å². The third-order valence-electron chi connectivity index (χ3n) is 2.16. The molecule has 0 atom stereocenters. The Hall–Kier alpha value is -1.78. The molecule has 0 spiro atoms. The van der Waals surface area contributed by atoms with Gasteiger partial charge in [0, 0.05) is 0 Å². The summed E-state index contributed by atoms with van der Waals surface area (Å²) in [6.07, 6.45) is -1.74. The van der Waals surface area contributed by atoms with Gasteiger partial charge in [-0.3, -0.25) is 4.79 Å². The lowest BCUT2D eigenvalue weighted by atomic mass is 10.1. The number of allylic oxidation sites excluding steroid dienone is 1. The Bertz CT molecular complexity index is 462. The van der Waals surface area contributed by atoms with E-state index in [-0.39, 0.29) is 11.5 Å². The van der Waals surface area contributed by atoms with Crippen LogP contribution in [0.25, 0.3) is 0 Å². The first-order valence-electron chi connectivity index (χ1n) is 5.30. The van der Waals surface area contributed by atoms with Gasteiger partial charge in [-0.15, -0.1) is 0 Å². The predicted octanol–water partition coefficient (Wildman–Crippen LogP) is 3.54. The number of carbonyl (C=O) groups excluding carboxylic acids is 1. The summed E-state index contributed by atoms with van der Waals surface area (Å²) in [5, 5.41) is 0. The molecule has 0 saturated heterocycles. The minimum absolute atomic E-state index is 0.328. The Morgan fingerprint density at radius 2 is 2.06 bits per heavy atom. The van der Waals surface area contributed by atoms with Crippen molar-refractivity contribution in [2.45, 2.75) is 20.0 Å². The van der Waals surface area contributed by atoms with E-state index in [0.717, 1.165) is 6.07 Å². The van der Waals surface area contributed by atoms with Crippen LogP contribution in [0.4, 0.5) is 13.2 Å². The van der Waals surface area contributed by atoms with E-state index in [0.29, 0.717) is 5.56 Å². The third-order valence-corrected chi connectivity index (χ3v) is 2.16. The molecule has 0 saturated carbocycles. The van der Waals surface area contributed by atoms with Crippen molar-refractivity contribution in [3.63, 3.8) is 0 Å². The summed E-state index contributed by atoms with van der Waals surface area (Å²) in [5.74, 6) is -0.711. The second-order valence-electron chi connectivity index (χ2n) is 3.75. The van der Waals surface area contributed by atoms with Crippen LogP contribution in [-0.4, -0.2) is 12.4 Å². The summed E-state index contributed by atoms with van der Waals surface area (Å²) in [6.45, 7) is 2.80. The monoisotopic (exact) mass is 258 g/mol. The molecule has 0 aliphatic rings. The first-order chi connectivity index (χ1) is 8.34. The lowest BCUT2D eigenvalue weighted by Gasteiger charge is -2.13. The molecule has 1 rings (SSSR count). The van der Waals surface area contributed by atoms with Gasteiger partial charge in [-0.2, -0.15) is 13.2 Å². The average molecular weight is 258 g/mol. The Labute approximate surface area is 103 Å². The van der Waals surface area contributed by atoms with Crippen molar-refractivity contribution >= 4 is 5.78 Å². The van der Waals surface area contributed by atoms with Crippen molar-refractivity contribution in [2.75, 3.05) is 6.61 Å². The minimum Gasteiger partial charge on any atom is -0.485 e. The van der Waals surface area contributed by atoms with Gasteiger partial charge in [0.25, 0.3) is 0 Å². The molecule has 5 heteroatoms. The van der Waals surface area contributed by atoms with Crippen LogP contribution >= 0.6 is 0 Å². The van der Waals surface area contributed by atoms with Crippen molar-refractivity contribution < 1.29 is 22.7 Å². The molecule has 0 heterocycles. The van der Waals surface area contributed by atoms with Crippen molar-refractivity contribution in [1.29, 1.82) is 0 Å². The number of carbonyl (C=O) groups is 1. The lowest BCUT2D eigenvalue weighted by Crippen LogP contribution is -2.13. The standard InChI is InChI=1S/C13H13F3O2/c1-3-4-10(17)8-18-12-6-5-9(2)7-11(12)13(14,15)16/h3-7H,8H2,1-2H3/b4-3+. The van der Waals surface area contributed by atoms with Gasteiger partial charge in [-0.25, -0.2) is 0 Å². The first kappa shape index (κ1) is 14.3. The molecular weight excluding hydrogens is 245 g/mol. The van der Waals surface area contributed by atoms with Gasteiger partial charge in [0.2, 0.25) is 0 Å². The zero-order valence-electron chi connectivity index (χ0n) is 10.0. The summed E-state index contributed by atoms with van der Waals surface area (Å²) in [5.41, 5.74) is -0.384. The molecule has 0 aliphatic carbocycles. The van der Waals surface area contributed by atoms with Gasteiger partial charge in [-0.1, -0.05) is 17.7 Å². The van der Waals surface area contributed by atoms with Gasteiger partial charge < -0.3 is 4.74 Å². The van der Waals surface area contributed by atoms with E-state index >= 15 is 0 Å². The van der Waals surface area contributed by atoms with E-state index < -0.39 is 18.3 Å². The molecule has 0 unspecified atom stereocenters. The number of halogens is 3. The maximum absolute atomic E-state index is 12.7. The van der Waals surface area contributed by atoms with Crippen molar-refractivity contribution in [1.82, 2.24) is 0 Å². The second-order valence-corrected chi connectivity index (χ2v) is 3.75. The molecule has 18 heavy (non-hydrogen) atoms. The summed E-state index contributed by atoms with van der Waals surface area (Å²) >= 11 is 0. The fourth-order valence-corrected chi connectivity index (χ4v) is 1.37. The molecular formula is C13H13F3O2. The minimum atomic E-state index is -4.50. The number of ketones is 1. The van der Waals surface area contributed by atoms with Crippen LogP contribution in [0.3, 0.4) is 0 Å². The van der Waals surface area contributed by atoms with Crippen molar-refractivity contribution in [3.8, 4) is 5.75 Å². The zero-order chi connectivity index (χ0) is 13.8. The maximum Gasteiger partial charge on any atom is 0.419 e. The van der Waals surface area contributed by atoms with Gasteiger partial charge in [-0.05, 0) is 32.1 Å². The number of ether oxygens (including phenoxy) is 1. The van der Waals surface area contributed by atoms with Crippen LogP contribution in [-0.2, 0) is 11.0 Å². The fourth-order valence-electron chi connectivity index (χ4n) is 1.37. The van der Waals surface area contributed by atoms with E-state index in [1.807, 2.05) is 0 Å². The highest BCUT2D eigenvalue weighted by Crippen LogP contribution is 2.36. The molecule has 0 aliphatic heterocycles. The molecule has 2 nitrogen and oxygen atoms in total. The number of hydrogen-bond donors (Lipinski definition) is 0. The molecule has 0 bridgehead atoms. The molecule has 0 amide bonds. The number of aryl methyl sites for hydroxylation is 1. The fraction of sp³-hybridized carbons (Fsp3) is 0.308.